The van der Waals surface area contributed by atoms with E-state index in [0.29, 0.717) is 5.92 Å². The molecule has 0 aliphatic rings. The topological polar surface area (TPSA) is 38.5 Å². The summed E-state index contributed by atoms with van der Waals surface area (Å²) in [6.45, 7) is 10.4. The largest absolute Gasteiger partial charge is 0.337 e. The van der Waals surface area contributed by atoms with Crippen LogP contribution in [-0.4, -0.2) is 19.3 Å². The minimum Gasteiger partial charge on any atom is -0.337 e. The predicted octanol–water partition coefficient (Wildman–Crippen LogP) is 3.57. The van der Waals surface area contributed by atoms with Gasteiger partial charge in [0.25, 0.3) is 0 Å². The Kier molecular flexibility index (Phi) is 4.24. The SMILES string of the molecule is Cc1cc(C)n(CCCn2c(C(C)C)c[nH]c2=S)n1. The quantitative estimate of drug-likeness (QED) is 0.849. The fourth-order valence-electron chi connectivity index (χ4n) is 2.40. The van der Waals surface area contributed by atoms with Crippen molar-refractivity contribution in [3.8, 4) is 0 Å². The highest BCUT2D eigenvalue weighted by Gasteiger charge is 2.08. The average molecular weight is 278 g/mol. The summed E-state index contributed by atoms with van der Waals surface area (Å²) in [7, 11) is 0. The van der Waals surface area contributed by atoms with Crippen LogP contribution >= 0.6 is 12.2 Å². The highest BCUT2D eigenvalue weighted by Crippen LogP contribution is 2.15. The number of aryl methyl sites for hydroxylation is 3. The van der Waals surface area contributed by atoms with Crippen LogP contribution in [-0.2, 0) is 13.1 Å². The summed E-state index contributed by atoms with van der Waals surface area (Å²) >= 11 is 5.34. The minimum absolute atomic E-state index is 0.488. The van der Waals surface area contributed by atoms with Crippen LogP contribution in [0.4, 0.5) is 0 Å². The molecule has 0 bridgehead atoms. The number of aromatic amines is 1. The van der Waals surface area contributed by atoms with E-state index in [-0.39, 0.29) is 0 Å². The maximum atomic E-state index is 5.34. The van der Waals surface area contributed by atoms with Crippen LogP contribution < -0.4 is 0 Å². The molecule has 0 radical (unpaired) electrons. The molecule has 2 rings (SSSR count). The number of hydrogen-bond acceptors (Lipinski definition) is 2. The second-order valence-electron chi connectivity index (χ2n) is 5.33. The number of H-pyrrole nitrogens is 1. The number of imidazole rings is 1. The van der Waals surface area contributed by atoms with Gasteiger partial charge in [0.2, 0.25) is 0 Å². The molecule has 2 aromatic rings. The monoisotopic (exact) mass is 278 g/mol. The first-order chi connectivity index (χ1) is 8.99. The molecule has 0 atom stereocenters. The lowest BCUT2D eigenvalue weighted by atomic mass is 10.1. The van der Waals surface area contributed by atoms with Crippen molar-refractivity contribution in [3.63, 3.8) is 0 Å². The van der Waals surface area contributed by atoms with Crippen molar-refractivity contribution in [3.05, 3.63) is 34.1 Å². The second kappa shape index (κ2) is 5.74. The smallest absolute Gasteiger partial charge is 0.177 e. The van der Waals surface area contributed by atoms with E-state index in [0.717, 1.165) is 30.0 Å². The van der Waals surface area contributed by atoms with Crippen molar-refractivity contribution in [1.29, 1.82) is 0 Å². The molecule has 4 nitrogen and oxygen atoms in total. The number of nitrogens with zero attached hydrogens (tertiary/aromatic N) is 3. The van der Waals surface area contributed by atoms with E-state index in [1.54, 1.807) is 0 Å². The first-order valence-electron chi connectivity index (χ1n) is 6.78. The number of hydrogen-bond donors (Lipinski definition) is 1. The molecule has 0 saturated heterocycles. The molecular formula is C14H22N4S. The van der Waals surface area contributed by atoms with Gasteiger partial charge in [-0.05, 0) is 44.5 Å². The van der Waals surface area contributed by atoms with E-state index in [9.17, 15) is 0 Å². The fourth-order valence-corrected chi connectivity index (χ4v) is 2.65. The summed E-state index contributed by atoms with van der Waals surface area (Å²) in [6, 6.07) is 2.11. The van der Waals surface area contributed by atoms with E-state index in [2.05, 4.69) is 46.2 Å². The second-order valence-corrected chi connectivity index (χ2v) is 5.72. The first-order valence-corrected chi connectivity index (χ1v) is 7.19. The Labute approximate surface area is 119 Å². The van der Waals surface area contributed by atoms with Crippen LogP contribution in [0.1, 0.15) is 43.3 Å². The van der Waals surface area contributed by atoms with Crippen LogP contribution in [0.25, 0.3) is 0 Å². The van der Waals surface area contributed by atoms with Gasteiger partial charge in [-0.3, -0.25) is 4.68 Å². The lowest BCUT2D eigenvalue weighted by molar-refractivity contribution is 0.502. The Balaban J connectivity index is 2.02. The van der Waals surface area contributed by atoms with Gasteiger partial charge in [0.15, 0.2) is 4.77 Å². The molecule has 104 valence electrons. The third-order valence-corrected chi connectivity index (χ3v) is 3.69. The summed E-state index contributed by atoms with van der Waals surface area (Å²) in [5.41, 5.74) is 3.58. The van der Waals surface area contributed by atoms with Gasteiger partial charge in [0.05, 0.1) is 5.69 Å². The summed E-state index contributed by atoms with van der Waals surface area (Å²) in [6.07, 6.45) is 3.06. The Morgan fingerprint density at radius 2 is 2.05 bits per heavy atom. The molecular weight excluding hydrogens is 256 g/mol. The predicted molar refractivity (Wildman–Crippen MR) is 80.0 cm³/mol. The van der Waals surface area contributed by atoms with Crippen LogP contribution in [0, 0.1) is 18.6 Å². The van der Waals surface area contributed by atoms with Gasteiger partial charge in [0.1, 0.15) is 0 Å². The molecule has 0 aliphatic carbocycles. The van der Waals surface area contributed by atoms with E-state index < -0.39 is 0 Å². The molecule has 2 aromatic heterocycles. The van der Waals surface area contributed by atoms with Crippen molar-refractivity contribution in [2.75, 3.05) is 0 Å². The van der Waals surface area contributed by atoms with Gasteiger partial charge in [-0.15, -0.1) is 0 Å². The van der Waals surface area contributed by atoms with Gasteiger partial charge in [-0.1, -0.05) is 13.8 Å². The molecule has 2 heterocycles. The summed E-state index contributed by atoms with van der Waals surface area (Å²) in [5, 5.41) is 4.48. The van der Waals surface area contributed by atoms with E-state index >= 15 is 0 Å². The van der Waals surface area contributed by atoms with Gasteiger partial charge in [-0.25, -0.2) is 0 Å². The van der Waals surface area contributed by atoms with Crippen molar-refractivity contribution in [1.82, 2.24) is 19.3 Å². The molecule has 0 amide bonds. The van der Waals surface area contributed by atoms with E-state index in [4.69, 9.17) is 12.2 Å². The Bertz CT molecular complexity index is 603. The standard InChI is InChI=1S/C14H22N4S/c1-10(2)13-9-15-14(19)17(13)6-5-7-18-12(4)8-11(3)16-18/h8-10H,5-7H2,1-4H3,(H,15,19). The molecule has 0 fully saturated rings. The molecule has 0 aromatic carbocycles. The Hall–Kier alpha value is -1.36. The maximum absolute atomic E-state index is 5.34. The highest BCUT2D eigenvalue weighted by atomic mass is 32.1. The Morgan fingerprint density at radius 3 is 2.63 bits per heavy atom. The maximum Gasteiger partial charge on any atom is 0.177 e. The summed E-state index contributed by atoms with van der Waals surface area (Å²) in [4.78, 5) is 3.14. The van der Waals surface area contributed by atoms with Gasteiger partial charge in [-0.2, -0.15) is 5.10 Å². The molecule has 0 saturated carbocycles. The zero-order valence-electron chi connectivity index (χ0n) is 12.1. The van der Waals surface area contributed by atoms with Crippen LogP contribution in [0.3, 0.4) is 0 Å². The molecule has 1 N–H and O–H groups in total. The molecule has 0 aliphatic heterocycles. The van der Waals surface area contributed by atoms with Crippen molar-refractivity contribution in [2.45, 2.75) is 53.1 Å². The molecule has 19 heavy (non-hydrogen) atoms. The van der Waals surface area contributed by atoms with E-state index in [1.165, 1.54) is 11.4 Å². The van der Waals surface area contributed by atoms with Crippen molar-refractivity contribution >= 4 is 12.2 Å². The third kappa shape index (κ3) is 3.15. The molecule has 0 unspecified atom stereocenters. The lowest BCUT2D eigenvalue weighted by Crippen LogP contribution is -2.09. The van der Waals surface area contributed by atoms with Crippen LogP contribution in [0.5, 0.6) is 0 Å². The highest BCUT2D eigenvalue weighted by molar-refractivity contribution is 7.71. The average Bonchev–Trinajstić information content (AvgIpc) is 2.84. The third-order valence-electron chi connectivity index (χ3n) is 3.35. The van der Waals surface area contributed by atoms with E-state index in [1.807, 2.05) is 13.1 Å². The Morgan fingerprint density at radius 1 is 1.32 bits per heavy atom. The van der Waals surface area contributed by atoms with Crippen LogP contribution in [0.2, 0.25) is 0 Å². The number of rotatable bonds is 5. The summed E-state index contributed by atoms with van der Waals surface area (Å²) in [5.74, 6) is 0.488. The zero-order valence-corrected chi connectivity index (χ0v) is 12.9. The van der Waals surface area contributed by atoms with Crippen molar-refractivity contribution in [2.24, 2.45) is 0 Å². The summed E-state index contributed by atoms with van der Waals surface area (Å²) < 4.78 is 5.09. The molecule has 0 spiro atoms. The number of aromatic nitrogens is 4. The van der Waals surface area contributed by atoms with Crippen LogP contribution in [0.15, 0.2) is 12.3 Å². The lowest BCUT2D eigenvalue weighted by Gasteiger charge is -2.11. The number of nitrogens with one attached hydrogen (secondary N) is 1. The van der Waals surface area contributed by atoms with Gasteiger partial charge >= 0.3 is 0 Å². The van der Waals surface area contributed by atoms with Crippen molar-refractivity contribution < 1.29 is 0 Å². The normalized spacial score (nSPS) is 11.4. The minimum atomic E-state index is 0.488. The first kappa shape index (κ1) is 14.1. The fraction of sp³-hybridized carbons (Fsp3) is 0.571. The zero-order chi connectivity index (χ0) is 14.0. The molecule has 5 heteroatoms. The van der Waals surface area contributed by atoms with Gasteiger partial charge in [0, 0.05) is 30.7 Å². The van der Waals surface area contributed by atoms with Gasteiger partial charge < -0.3 is 9.55 Å².